The van der Waals surface area contributed by atoms with E-state index in [9.17, 15) is 0 Å². The van der Waals surface area contributed by atoms with Gasteiger partial charge in [-0.1, -0.05) is 12.1 Å². The molecule has 12 heavy (non-hydrogen) atoms. The molecule has 0 aliphatic heterocycles. The zero-order valence-electron chi connectivity index (χ0n) is 6.06. The molecule has 1 heterocycles. The molecule has 60 valence electrons. The smallest absolute Gasteiger partial charge is 0.0812 e. The molecular formula is C8H5NS3. The first-order valence-electron chi connectivity index (χ1n) is 3.16. The van der Waals surface area contributed by atoms with E-state index in [1.165, 1.54) is 4.70 Å². The molecule has 0 aliphatic rings. The molecule has 0 bridgehead atoms. The number of rotatable bonds is 0. The molecule has 1 nitrogen and oxygen atoms in total. The standard InChI is InChI=1S/C7H5NS.CS2/c1-2-4-7-6(3-1)8-5-9-7;2-1-3/h1-5H;. The third-order valence-corrected chi connectivity index (χ3v) is 2.05. The summed E-state index contributed by atoms with van der Waals surface area (Å²) in [5.41, 5.74) is 2.97. The van der Waals surface area contributed by atoms with Crippen LogP contribution >= 0.6 is 35.8 Å². The van der Waals surface area contributed by atoms with E-state index in [0.717, 1.165) is 5.52 Å². The maximum Gasteiger partial charge on any atom is 0.0812 e. The van der Waals surface area contributed by atoms with E-state index in [0.29, 0.717) is 0 Å². The van der Waals surface area contributed by atoms with Crippen LogP contribution in [0.1, 0.15) is 0 Å². The van der Waals surface area contributed by atoms with Crippen molar-refractivity contribution >= 4 is 50.3 Å². The molecule has 0 unspecified atom stereocenters. The van der Waals surface area contributed by atoms with Crippen LogP contribution in [0.25, 0.3) is 10.2 Å². The van der Waals surface area contributed by atoms with E-state index < -0.39 is 0 Å². The molecule has 0 saturated heterocycles. The quantitative estimate of drug-likeness (QED) is 0.620. The van der Waals surface area contributed by atoms with Gasteiger partial charge in [-0.3, -0.25) is 0 Å². The molecule has 1 aromatic heterocycles. The SMILES string of the molecule is S=C=S.c1ccc2scnc2c1. The lowest BCUT2D eigenvalue weighted by Crippen LogP contribution is -1.61. The van der Waals surface area contributed by atoms with Crippen LogP contribution in [0.4, 0.5) is 0 Å². The van der Waals surface area contributed by atoms with Gasteiger partial charge in [-0.2, -0.15) is 0 Å². The first kappa shape index (κ1) is 9.42. The second kappa shape index (κ2) is 5.06. The average Bonchev–Trinajstić information content (AvgIpc) is 2.52. The second-order valence-electron chi connectivity index (χ2n) is 1.90. The Morgan fingerprint density at radius 2 is 1.92 bits per heavy atom. The molecular weight excluding hydrogens is 206 g/mol. The van der Waals surface area contributed by atoms with Crippen LogP contribution in [-0.4, -0.2) is 9.30 Å². The van der Waals surface area contributed by atoms with Gasteiger partial charge in [-0.15, -0.1) is 11.3 Å². The molecule has 0 amide bonds. The fourth-order valence-corrected chi connectivity index (χ4v) is 1.48. The number of benzene rings is 1. The number of nitrogens with zero attached hydrogens (tertiary/aromatic N) is 1. The van der Waals surface area contributed by atoms with E-state index in [1.807, 2.05) is 28.0 Å². The Labute approximate surface area is 85.1 Å². The summed E-state index contributed by atoms with van der Waals surface area (Å²) < 4.78 is 3.18. The van der Waals surface area contributed by atoms with E-state index in [2.05, 4.69) is 35.5 Å². The Balaban J connectivity index is 0.000000213. The first-order valence-corrected chi connectivity index (χ1v) is 4.85. The van der Waals surface area contributed by atoms with Crippen molar-refractivity contribution in [1.82, 2.24) is 4.98 Å². The Kier molecular flexibility index (Phi) is 3.97. The Hall–Kier alpha value is -0.670. The predicted molar refractivity (Wildman–Crippen MR) is 59.8 cm³/mol. The van der Waals surface area contributed by atoms with Gasteiger partial charge in [-0.05, 0) is 36.6 Å². The average molecular weight is 211 g/mol. The third-order valence-electron chi connectivity index (χ3n) is 1.24. The van der Waals surface area contributed by atoms with Crippen molar-refractivity contribution in [1.29, 1.82) is 0 Å². The zero-order chi connectivity index (χ0) is 8.81. The van der Waals surface area contributed by atoms with Gasteiger partial charge in [-0.25, -0.2) is 4.98 Å². The van der Waals surface area contributed by atoms with E-state index in [-0.39, 0.29) is 0 Å². The summed E-state index contributed by atoms with van der Waals surface area (Å²) in [6.07, 6.45) is 0. The molecule has 0 radical (unpaired) electrons. The van der Waals surface area contributed by atoms with Crippen molar-refractivity contribution in [3.05, 3.63) is 29.8 Å². The molecule has 0 aliphatic carbocycles. The van der Waals surface area contributed by atoms with E-state index in [1.54, 1.807) is 11.3 Å². The van der Waals surface area contributed by atoms with Crippen LogP contribution in [-0.2, 0) is 0 Å². The topological polar surface area (TPSA) is 12.9 Å². The van der Waals surface area contributed by atoms with Gasteiger partial charge >= 0.3 is 0 Å². The minimum absolute atomic E-state index is 1.10. The summed E-state index contributed by atoms with van der Waals surface area (Å²) in [5, 5.41) is 0. The lowest BCUT2D eigenvalue weighted by Gasteiger charge is -1.80. The molecule has 0 fully saturated rings. The highest BCUT2D eigenvalue weighted by Crippen LogP contribution is 2.15. The lowest BCUT2D eigenvalue weighted by atomic mass is 10.3. The molecule has 2 aromatic rings. The summed E-state index contributed by atoms with van der Waals surface area (Å²) in [4.78, 5) is 4.14. The Bertz CT molecular complexity index is 358. The summed E-state index contributed by atoms with van der Waals surface area (Å²) in [5.74, 6) is 0. The van der Waals surface area contributed by atoms with Gasteiger partial charge in [0.05, 0.1) is 15.7 Å². The zero-order valence-corrected chi connectivity index (χ0v) is 8.51. The van der Waals surface area contributed by atoms with Gasteiger partial charge in [0.25, 0.3) is 0 Å². The number of hydrogen-bond donors (Lipinski definition) is 0. The number of fused-ring (bicyclic) bond motifs is 1. The minimum atomic E-state index is 1.10. The number of hydrogen-bond acceptors (Lipinski definition) is 4. The number of aromatic nitrogens is 1. The Morgan fingerprint density at radius 1 is 1.25 bits per heavy atom. The number of thiazole rings is 1. The molecule has 4 heteroatoms. The summed E-state index contributed by atoms with van der Waals surface area (Å²) in [7, 11) is 0. The number of para-hydroxylation sites is 1. The van der Waals surface area contributed by atoms with Crippen LogP contribution in [0.2, 0.25) is 0 Å². The first-order chi connectivity index (χ1) is 5.88. The van der Waals surface area contributed by atoms with Gasteiger partial charge in [0.2, 0.25) is 0 Å². The summed E-state index contributed by atoms with van der Waals surface area (Å²) in [6.45, 7) is 0. The highest BCUT2D eigenvalue weighted by atomic mass is 32.1. The fraction of sp³-hybridized carbons (Fsp3) is 0. The van der Waals surface area contributed by atoms with Crippen LogP contribution in [0.3, 0.4) is 0 Å². The van der Waals surface area contributed by atoms with Gasteiger partial charge in [0, 0.05) is 4.31 Å². The van der Waals surface area contributed by atoms with Crippen LogP contribution in [0.15, 0.2) is 29.8 Å². The second-order valence-corrected chi connectivity index (χ2v) is 3.46. The molecule has 2 rings (SSSR count). The minimum Gasteiger partial charge on any atom is -0.245 e. The third kappa shape index (κ3) is 2.43. The molecule has 0 N–H and O–H groups in total. The predicted octanol–water partition coefficient (Wildman–Crippen LogP) is 3.31. The Morgan fingerprint density at radius 3 is 2.58 bits per heavy atom. The summed E-state index contributed by atoms with van der Waals surface area (Å²) in [6, 6.07) is 8.13. The van der Waals surface area contributed by atoms with Crippen molar-refractivity contribution in [3.63, 3.8) is 0 Å². The van der Waals surface area contributed by atoms with Gasteiger partial charge < -0.3 is 0 Å². The van der Waals surface area contributed by atoms with Crippen LogP contribution in [0.5, 0.6) is 0 Å². The molecule has 1 aromatic carbocycles. The maximum absolute atomic E-state index is 4.14. The van der Waals surface area contributed by atoms with Crippen molar-refractivity contribution in [3.8, 4) is 0 Å². The van der Waals surface area contributed by atoms with Crippen molar-refractivity contribution in [2.45, 2.75) is 0 Å². The van der Waals surface area contributed by atoms with Crippen LogP contribution < -0.4 is 0 Å². The van der Waals surface area contributed by atoms with E-state index in [4.69, 9.17) is 0 Å². The fourth-order valence-electron chi connectivity index (χ4n) is 0.803. The van der Waals surface area contributed by atoms with Crippen molar-refractivity contribution < 1.29 is 0 Å². The molecule has 0 atom stereocenters. The van der Waals surface area contributed by atoms with Crippen molar-refractivity contribution in [2.24, 2.45) is 0 Å². The highest BCUT2D eigenvalue weighted by molar-refractivity contribution is 7.93. The van der Waals surface area contributed by atoms with Crippen LogP contribution in [0, 0.1) is 0 Å². The van der Waals surface area contributed by atoms with Gasteiger partial charge in [0.15, 0.2) is 0 Å². The van der Waals surface area contributed by atoms with Crippen molar-refractivity contribution in [2.75, 3.05) is 0 Å². The maximum atomic E-state index is 4.14. The molecule has 0 spiro atoms. The van der Waals surface area contributed by atoms with Gasteiger partial charge in [0.1, 0.15) is 0 Å². The molecule has 0 saturated carbocycles. The monoisotopic (exact) mass is 211 g/mol. The number of thiocarbonyl (C=S) groups is 2. The highest BCUT2D eigenvalue weighted by Gasteiger charge is 1.89. The lowest BCUT2D eigenvalue weighted by molar-refractivity contribution is 1.50. The summed E-state index contributed by atoms with van der Waals surface area (Å²) >= 11 is 9.59. The normalized spacial score (nSPS) is 8.33. The largest absolute Gasteiger partial charge is 0.245 e. The van der Waals surface area contributed by atoms with E-state index >= 15 is 0 Å².